The zero-order chi connectivity index (χ0) is 67.0. The summed E-state index contributed by atoms with van der Waals surface area (Å²) in [6, 6.07) is 8.14. The number of carbonyl (C=O) groups is 11. The molecule has 3 aromatic carbocycles. The molecule has 6 heterocycles. The minimum Gasteiger partial charge on any atom is -0.508 e. The molecule has 2 saturated heterocycles. The number of aromatic nitrogens is 6. The zero-order valence-electron chi connectivity index (χ0n) is 51.7. The second kappa shape index (κ2) is 31.4. The van der Waals surface area contributed by atoms with E-state index in [1.54, 1.807) is 54.9 Å². The molecule has 7 aromatic rings. The van der Waals surface area contributed by atoms with E-state index in [9.17, 15) is 53.4 Å². The summed E-state index contributed by atoms with van der Waals surface area (Å²) >= 11 is 0. The Morgan fingerprint density at radius 1 is 0.585 bits per heavy atom. The highest BCUT2D eigenvalue weighted by molar-refractivity contribution is 6.00. The van der Waals surface area contributed by atoms with Crippen LogP contribution in [0.3, 0.4) is 0 Å². The van der Waals surface area contributed by atoms with Crippen molar-refractivity contribution in [2.45, 2.75) is 132 Å². The number of nitrogens with zero attached hydrogens (tertiary/aromatic N) is 3. The molecule has 2 aliphatic heterocycles. The van der Waals surface area contributed by atoms with Crippen LogP contribution in [-0.4, -0.2) is 184 Å². The number of hydrogen-bond donors (Lipinski definition) is 16. The van der Waals surface area contributed by atoms with Gasteiger partial charge in [-0.15, -0.1) is 0 Å². The van der Waals surface area contributed by atoms with Crippen LogP contribution in [0.2, 0.25) is 0 Å². The number of primary amides is 1. The number of likely N-dealkylation sites (tertiary alicyclic amines) is 1. The van der Waals surface area contributed by atoms with Gasteiger partial charge in [0.15, 0.2) is 0 Å². The molecule has 9 atom stereocenters. The van der Waals surface area contributed by atoms with Gasteiger partial charge >= 0.3 is 0 Å². The maximum atomic E-state index is 15.1. The van der Waals surface area contributed by atoms with Crippen LogP contribution in [0.5, 0.6) is 5.75 Å². The minimum absolute atomic E-state index is 0.0238. The summed E-state index contributed by atoms with van der Waals surface area (Å²) in [5.74, 6) is -8.70. The number of nitrogens with one attached hydrogen (secondary N) is 13. The predicted molar refractivity (Wildman–Crippen MR) is 339 cm³/mol. The van der Waals surface area contributed by atoms with Gasteiger partial charge in [0.2, 0.25) is 65.0 Å². The molecular weight excluding hydrogens is 1210 g/mol. The Bertz CT molecular complexity index is 3850. The number of nitrogens with two attached hydrogens (primary N) is 1. The van der Waals surface area contributed by atoms with Crippen LogP contribution in [0.4, 0.5) is 0 Å². The highest BCUT2D eigenvalue weighted by atomic mass is 16.3. The van der Waals surface area contributed by atoms with E-state index < -0.39 is 127 Å². The molecule has 0 aliphatic carbocycles. The fourth-order valence-electron chi connectivity index (χ4n) is 11.6. The normalized spacial score (nSPS) is 16.8. The molecule has 2 aliphatic rings. The van der Waals surface area contributed by atoms with Crippen molar-refractivity contribution in [1.29, 1.82) is 0 Å². The number of aromatic amines is 4. The molecule has 0 radical (unpaired) electrons. The van der Waals surface area contributed by atoms with Crippen LogP contribution in [0.15, 0.2) is 110 Å². The fraction of sp³-hybridized carbons (Fsp3) is 0.391. The number of fused-ring (bicyclic) bond motifs is 2. The van der Waals surface area contributed by atoms with E-state index in [1.807, 2.05) is 32.0 Å². The molecule has 0 spiro atoms. The summed E-state index contributed by atoms with van der Waals surface area (Å²) < 4.78 is 0. The van der Waals surface area contributed by atoms with Gasteiger partial charge in [0.25, 0.3) is 0 Å². The number of imidazole rings is 2. The fourth-order valence-corrected chi connectivity index (χ4v) is 11.6. The molecule has 0 saturated carbocycles. The number of para-hydroxylation sites is 2. The number of hydrogen-bond acceptors (Lipinski definition) is 15. The van der Waals surface area contributed by atoms with Crippen molar-refractivity contribution in [3.8, 4) is 5.75 Å². The number of aromatic hydroxyl groups is 1. The topological polar surface area (TPSA) is 455 Å². The summed E-state index contributed by atoms with van der Waals surface area (Å²) in [5, 5.41) is 46.4. The summed E-state index contributed by atoms with van der Waals surface area (Å²) in [7, 11) is 0. The number of benzene rings is 3. The summed E-state index contributed by atoms with van der Waals surface area (Å²) in [5.41, 5.74) is 9.17. The molecule has 94 heavy (non-hydrogen) atoms. The first-order valence-corrected chi connectivity index (χ1v) is 30.9. The number of phenolic OH excluding ortho intramolecular Hbond substituents is 1. The predicted octanol–water partition coefficient (Wildman–Crippen LogP) is -1.38. The lowest BCUT2D eigenvalue weighted by molar-refractivity contribution is -0.142. The summed E-state index contributed by atoms with van der Waals surface area (Å²) in [6.45, 7) is 2.28. The third-order valence-electron chi connectivity index (χ3n) is 16.4. The van der Waals surface area contributed by atoms with Crippen LogP contribution in [-0.2, 0) is 84.8 Å². The van der Waals surface area contributed by atoms with Crippen LogP contribution in [0.1, 0.15) is 74.0 Å². The number of aliphatic hydroxyl groups excluding tert-OH is 1. The van der Waals surface area contributed by atoms with Gasteiger partial charge in [0.05, 0.1) is 25.8 Å². The number of aliphatic hydroxyl groups is 1. The molecule has 0 unspecified atom stereocenters. The molecule has 2 fully saturated rings. The molecule has 30 heteroatoms. The number of carbonyl (C=O) groups excluding carboxylic acids is 11. The maximum absolute atomic E-state index is 15.1. The smallest absolute Gasteiger partial charge is 0.246 e. The standard InChI is InChI=1S/C64H77N17O13/c1-34(2)20-46(57(87)79-51(21-35-13-15-40(83)16-14-35)64(94)81-19-7-12-53(81)63(93)70-30-54(65)84)74-58(88)47(22-36-26-68-43-10-5-3-8-41(36)43)75-61(91)50(25-39-29-67-33-72-39)78-62(92)52(31-82)80-59(89)48(23-37-27-69-44-11-6-4-9-42(37)44)76-60(90)49(24-38-28-66-32-71-38)77-56(86)45-17-18-55(85)73-45/h3-6,8-11,13-16,26-29,32-34,45-53,68-69,82-83H,7,12,17-25,30-31H2,1-2H3,(H2,65,84)(H,66,71)(H,67,72)(H,70,93)(H,73,85)(H,74,88)(H,75,91)(H,76,90)(H,77,86)(H,78,92)(H,79,87)(H,80,89)/t45-,46-,47+,48-,49-,50-,51-,52-,53-/m0/s1. The van der Waals surface area contributed by atoms with Crippen molar-refractivity contribution in [2.24, 2.45) is 11.7 Å². The van der Waals surface area contributed by atoms with Gasteiger partial charge in [-0.05, 0) is 72.6 Å². The molecule has 9 rings (SSSR count). The Morgan fingerprint density at radius 3 is 1.57 bits per heavy atom. The van der Waals surface area contributed by atoms with E-state index in [1.165, 1.54) is 42.1 Å². The highest BCUT2D eigenvalue weighted by Crippen LogP contribution is 2.24. The lowest BCUT2D eigenvalue weighted by Crippen LogP contribution is -2.62. The first-order chi connectivity index (χ1) is 45.2. The van der Waals surface area contributed by atoms with E-state index >= 15 is 9.59 Å². The lowest BCUT2D eigenvalue weighted by atomic mass is 9.99. The van der Waals surface area contributed by atoms with Gasteiger partial charge in [0, 0.05) is 103 Å². The number of phenols is 1. The molecular formula is C64H77N17O13. The van der Waals surface area contributed by atoms with Gasteiger partial charge in [-0.1, -0.05) is 62.4 Å². The molecule has 4 aromatic heterocycles. The van der Waals surface area contributed by atoms with Gasteiger partial charge in [0.1, 0.15) is 60.1 Å². The molecule has 496 valence electrons. The third kappa shape index (κ3) is 17.8. The quantitative estimate of drug-likeness (QED) is 0.0238. The average molecular weight is 1290 g/mol. The van der Waals surface area contributed by atoms with E-state index in [0.717, 1.165) is 0 Å². The number of H-pyrrole nitrogens is 4. The monoisotopic (exact) mass is 1290 g/mol. The molecule has 17 N–H and O–H groups in total. The van der Waals surface area contributed by atoms with Crippen molar-refractivity contribution < 1.29 is 63.0 Å². The first-order valence-electron chi connectivity index (χ1n) is 30.9. The lowest BCUT2D eigenvalue weighted by Gasteiger charge is -2.31. The minimum atomic E-state index is -1.78. The zero-order valence-corrected chi connectivity index (χ0v) is 51.7. The Kier molecular flexibility index (Phi) is 22.5. The van der Waals surface area contributed by atoms with Crippen molar-refractivity contribution >= 4 is 86.8 Å². The van der Waals surface area contributed by atoms with Crippen LogP contribution in [0, 0.1) is 5.92 Å². The first kappa shape index (κ1) is 67.5. The van der Waals surface area contributed by atoms with Crippen molar-refractivity contribution in [3.05, 3.63) is 138 Å². The van der Waals surface area contributed by atoms with Crippen molar-refractivity contribution in [3.63, 3.8) is 0 Å². The third-order valence-corrected chi connectivity index (χ3v) is 16.4. The molecule has 11 amide bonds. The van der Waals surface area contributed by atoms with E-state index in [2.05, 4.69) is 77.8 Å². The largest absolute Gasteiger partial charge is 0.508 e. The van der Waals surface area contributed by atoms with Crippen LogP contribution >= 0.6 is 0 Å². The van der Waals surface area contributed by atoms with Gasteiger partial charge < -0.3 is 88.6 Å². The Hall–Kier alpha value is -10.9. The SMILES string of the molecule is CC(C)C[C@H](NC(=O)[C@@H](Cc1c[nH]c2ccccc12)NC(=O)[C@H](Cc1cnc[nH]1)NC(=O)[C@H](CO)NC(=O)[C@H](Cc1c[nH]c2ccccc12)NC(=O)[C@H](Cc1cnc[nH]1)NC(=O)[C@@H]1CCC(=O)N1)C(=O)N[C@@H](Cc1ccc(O)cc1)C(=O)N1CCC[C@H]1C(=O)NCC(N)=O. The molecule has 0 bridgehead atoms. The maximum Gasteiger partial charge on any atom is 0.246 e. The van der Waals surface area contributed by atoms with Crippen LogP contribution < -0.4 is 53.6 Å². The van der Waals surface area contributed by atoms with Crippen molar-refractivity contribution in [2.75, 3.05) is 19.7 Å². The van der Waals surface area contributed by atoms with E-state index in [4.69, 9.17) is 5.73 Å². The average Bonchev–Trinajstić information content (AvgIpc) is 1.64. The van der Waals surface area contributed by atoms with E-state index in [-0.39, 0.29) is 81.9 Å². The Morgan fingerprint density at radius 2 is 1.07 bits per heavy atom. The second-order valence-electron chi connectivity index (χ2n) is 23.8. The number of rotatable bonds is 31. The van der Waals surface area contributed by atoms with E-state index in [0.29, 0.717) is 56.3 Å². The highest BCUT2D eigenvalue weighted by Gasteiger charge is 2.40. The van der Waals surface area contributed by atoms with Crippen molar-refractivity contribution in [1.82, 2.24) is 82.7 Å². The Labute approximate surface area is 538 Å². The second-order valence-corrected chi connectivity index (χ2v) is 23.8. The number of amides is 11. The summed E-state index contributed by atoms with van der Waals surface area (Å²) in [6.07, 6.45) is 9.04. The van der Waals surface area contributed by atoms with Gasteiger partial charge in [-0.2, -0.15) is 0 Å². The van der Waals surface area contributed by atoms with Gasteiger partial charge in [-0.3, -0.25) is 52.7 Å². The van der Waals surface area contributed by atoms with Crippen LogP contribution in [0.25, 0.3) is 21.8 Å². The Balaban J connectivity index is 0.958. The summed E-state index contributed by atoms with van der Waals surface area (Å²) in [4.78, 5) is 175. The molecule has 30 nitrogen and oxygen atoms in total. The van der Waals surface area contributed by atoms with Gasteiger partial charge in [-0.25, -0.2) is 9.97 Å².